The molecule has 0 saturated heterocycles. The van der Waals surface area contributed by atoms with Gasteiger partial charge < -0.3 is 10.2 Å². The minimum atomic E-state index is -3.83. The van der Waals surface area contributed by atoms with Crippen LogP contribution < -0.4 is 9.62 Å². The predicted octanol–water partition coefficient (Wildman–Crippen LogP) is 5.28. The second kappa shape index (κ2) is 12.9. The Morgan fingerprint density at radius 1 is 0.925 bits per heavy atom. The van der Waals surface area contributed by atoms with Gasteiger partial charge in [0.1, 0.15) is 12.6 Å². The van der Waals surface area contributed by atoms with Crippen molar-refractivity contribution in [2.75, 3.05) is 17.1 Å². The van der Waals surface area contributed by atoms with Gasteiger partial charge in [-0.05, 0) is 69.5 Å². The van der Waals surface area contributed by atoms with Crippen LogP contribution in [0.1, 0.15) is 43.0 Å². The summed E-state index contributed by atoms with van der Waals surface area (Å²) in [5.74, 6) is -0.834. The maximum atomic E-state index is 14.1. The third-order valence-electron chi connectivity index (χ3n) is 6.31. The van der Waals surface area contributed by atoms with Crippen LogP contribution in [0.3, 0.4) is 0 Å². The molecule has 1 atom stereocenters. The summed E-state index contributed by atoms with van der Waals surface area (Å²) >= 11 is 6.25. The van der Waals surface area contributed by atoms with Gasteiger partial charge in [0.2, 0.25) is 21.8 Å². The molecule has 0 aromatic heterocycles. The molecule has 0 aliphatic carbocycles. The van der Waals surface area contributed by atoms with Crippen molar-refractivity contribution in [1.82, 2.24) is 10.2 Å². The van der Waals surface area contributed by atoms with Gasteiger partial charge in [-0.1, -0.05) is 71.8 Å². The highest BCUT2D eigenvalue weighted by Gasteiger charge is 2.34. The number of aryl methyl sites for hydroxylation is 2. The first kappa shape index (κ1) is 31.2. The van der Waals surface area contributed by atoms with E-state index >= 15 is 0 Å². The molecule has 0 radical (unpaired) electrons. The smallest absolute Gasteiger partial charge is 0.244 e. The number of hydrogen-bond donors (Lipinski definition) is 1. The number of nitrogens with zero attached hydrogens (tertiary/aromatic N) is 2. The summed E-state index contributed by atoms with van der Waals surface area (Å²) in [6.07, 6.45) is 1.33. The van der Waals surface area contributed by atoms with E-state index in [2.05, 4.69) is 5.32 Å². The fraction of sp³-hybridized carbons (Fsp3) is 0.355. The lowest BCUT2D eigenvalue weighted by atomic mass is 10.0. The van der Waals surface area contributed by atoms with E-state index in [1.807, 2.05) is 83.1 Å². The van der Waals surface area contributed by atoms with Gasteiger partial charge in [0, 0.05) is 23.5 Å². The quantitative estimate of drug-likeness (QED) is 0.352. The Labute approximate surface area is 243 Å². The molecule has 3 rings (SSSR count). The number of carbonyl (C=O) groups is 2. The van der Waals surface area contributed by atoms with E-state index in [0.717, 1.165) is 32.8 Å². The van der Waals surface area contributed by atoms with Crippen molar-refractivity contribution in [3.63, 3.8) is 0 Å². The lowest BCUT2D eigenvalue weighted by molar-refractivity contribution is -0.140. The molecule has 3 aromatic carbocycles. The zero-order valence-electron chi connectivity index (χ0n) is 23.9. The summed E-state index contributed by atoms with van der Waals surface area (Å²) in [6.45, 7) is 8.96. The molecule has 40 heavy (non-hydrogen) atoms. The number of halogens is 1. The molecule has 1 N–H and O–H groups in total. The number of rotatable bonds is 10. The number of sulfonamides is 1. The van der Waals surface area contributed by atoms with Crippen molar-refractivity contribution in [2.24, 2.45) is 0 Å². The Balaban J connectivity index is 2.09. The molecule has 0 bridgehead atoms. The number of hydrogen-bond acceptors (Lipinski definition) is 4. The summed E-state index contributed by atoms with van der Waals surface area (Å²) in [7, 11) is -3.83. The summed E-state index contributed by atoms with van der Waals surface area (Å²) in [5, 5.41) is 3.51. The van der Waals surface area contributed by atoms with Crippen LogP contribution in [0.5, 0.6) is 0 Å². The van der Waals surface area contributed by atoms with Crippen molar-refractivity contribution in [3.05, 3.63) is 100 Å². The third-order valence-corrected chi connectivity index (χ3v) is 7.67. The molecule has 3 aromatic rings. The summed E-state index contributed by atoms with van der Waals surface area (Å²) in [4.78, 5) is 29.4. The maximum Gasteiger partial charge on any atom is 0.244 e. The van der Waals surface area contributed by atoms with Gasteiger partial charge in [-0.15, -0.1) is 0 Å². The molecule has 0 spiro atoms. The molecule has 2 amide bonds. The molecule has 7 nitrogen and oxygen atoms in total. The van der Waals surface area contributed by atoms with Gasteiger partial charge >= 0.3 is 0 Å². The van der Waals surface area contributed by atoms with E-state index in [0.29, 0.717) is 10.7 Å². The molecule has 214 valence electrons. The molecular formula is C31H38ClN3O4S. The molecule has 0 aliphatic heterocycles. The second-order valence-electron chi connectivity index (χ2n) is 11.2. The van der Waals surface area contributed by atoms with E-state index < -0.39 is 34.1 Å². The summed E-state index contributed by atoms with van der Waals surface area (Å²) in [5.41, 5.74) is 3.17. The van der Waals surface area contributed by atoms with E-state index in [-0.39, 0.29) is 18.9 Å². The SMILES string of the molecule is Cc1ccc(N(CC(=O)N(Cc2cccc(Cl)c2)C(Cc2ccccc2)C(=O)NC(C)(C)C)S(C)(=O)=O)c(C)c1. The highest BCUT2D eigenvalue weighted by Crippen LogP contribution is 2.25. The van der Waals surface area contributed by atoms with E-state index in [1.165, 1.54) is 4.90 Å². The minimum Gasteiger partial charge on any atom is -0.350 e. The van der Waals surface area contributed by atoms with Crippen LogP contribution >= 0.6 is 11.6 Å². The summed E-state index contributed by atoms with van der Waals surface area (Å²) in [6, 6.07) is 21.0. The first-order valence-corrected chi connectivity index (χ1v) is 15.3. The van der Waals surface area contributed by atoms with Gasteiger partial charge in [0.05, 0.1) is 11.9 Å². The number of nitrogens with one attached hydrogen (secondary N) is 1. The van der Waals surface area contributed by atoms with Crippen LogP contribution in [0.25, 0.3) is 0 Å². The van der Waals surface area contributed by atoms with Crippen molar-refractivity contribution >= 4 is 39.1 Å². The Bertz CT molecular complexity index is 1450. The lowest BCUT2D eigenvalue weighted by Crippen LogP contribution is -2.56. The van der Waals surface area contributed by atoms with Crippen molar-refractivity contribution in [3.8, 4) is 0 Å². The Kier molecular flexibility index (Phi) is 10.0. The molecule has 1 unspecified atom stereocenters. The zero-order valence-corrected chi connectivity index (χ0v) is 25.5. The van der Waals surface area contributed by atoms with E-state index in [1.54, 1.807) is 24.3 Å². The summed E-state index contributed by atoms with van der Waals surface area (Å²) < 4.78 is 27.0. The van der Waals surface area contributed by atoms with Crippen LogP contribution in [0.2, 0.25) is 5.02 Å². The van der Waals surface area contributed by atoms with Crippen LogP contribution in [-0.2, 0) is 32.6 Å². The Morgan fingerprint density at radius 2 is 1.57 bits per heavy atom. The first-order valence-electron chi connectivity index (χ1n) is 13.1. The second-order valence-corrected chi connectivity index (χ2v) is 13.5. The standard InChI is InChI=1S/C31H38ClN3O4S/c1-22-15-16-27(23(2)17-22)35(40(6,38)39)21-29(36)34(20-25-13-10-14-26(32)18-25)28(30(37)33-31(3,4)5)19-24-11-8-7-9-12-24/h7-18,28H,19-21H2,1-6H3,(H,33,37). The Hall–Kier alpha value is -3.36. The van der Waals surface area contributed by atoms with E-state index in [9.17, 15) is 18.0 Å². The number of anilines is 1. The zero-order chi connectivity index (χ0) is 29.7. The van der Waals surface area contributed by atoms with Gasteiger partial charge in [0.25, 0.3) is 0 Å². The van der Waals surface area contributed by atoms with Crippen molar-refractivity contribution in [1.29, 1.82) is 0 Å². The predicted molar refractivity (Wildman–Crippen MR) is 162 cm³/mol. The van der Waals surface area contributed by atoms with Crippen molar-refractivity contribution < 1.29 is 18.0 Å². The highest BCUT2D eigenvalue weighted by atomic mass is 35.5. The first-order chi connectivity index (χ1) is 18.6. The lowest BCUT2D eigenvalue weighted by Gasteiger charge is -2.35. The fourth-order valence-corrected chi connectivity index (χ4v) is 5.64. The topological polar surface area (TPSA) is 86.8 Å². The van der Waals surface area contributed by atoms with Gasteiger partial charge in [-0.2, -0.15) is 0 Å². The molecule has 0 aliphatic rings. The number of amides is 2. The van der Waals surface area contributed by atoms with E-state index in [4.69, 9.17) is 11.6 Å². The molecule has 0 fully saturated rings. The molecule has 0 heterocycles. The van der Waals surface area contributed by atoms with Crippen LogP contribution in [-0.4, -0.2) is 49.5 Å². The third kappa shape index (κ3) is 8.83. The van der Waals surface area contributed by atoms with Crippen LogP contribution in [0.15, 0.2) is 72.8 Å². The van der Waals surface area contributed by atoms with Crippen LogP contribution in [0.4, 0.5) is 5.69 Å². The monoisotopic (exact) mass is 583 g/mol. The van der Waals surface area contributed by atoms with Crippen LogP contribution in [0, 0.1) is 13.8 Å². The normalized spacial score (nSPS) is 12.5. The largest absolute Gasteiger partial charge is 0.350 e. The average molecular weight is 584 g/mol. The molecular weight excluding hydrogens is 546 g/mol. The van der Waals surface area contributed by atoms with Gasteiger partial charge in [-0.3, -0.25) is 13.9 Å². The fourth-order valence-electron chi connectivity index (χ4n) is 4.52. The highest BCUT2D eigenvalue weighted by molar-refractivity contribution is 7.92. The molecule has 0 saturated carbocycles. The number of carbonyl (C=O) groups excluding carboxylic acids is 2. The van der Waals surface area contributed by atoms with Gasteiger partial charge in [0.15, 0.2) is 0 Å². The Morgan fingerprint density at radius 3 is 2.15 bits per heavy atom. The number of benzene rings is 3. The maximum absolute atomic E-state index is 14.1. The van der Waals surface area contributed by atoms with Gasteiger partial charge in [-0.25, -0.2) is 8.42 Å². The average Bonchev–Trinajstić information content (AvgIpc) is 2.84. The molecule has 9 heteroatoms. The van der Waals surface area contributed by atoms with Crippen molar-refractivity contribution in [2.45, 2.75) is 59.2 Å². The minimum absolute atomic E-state index is 0.0684.